The Morgan fingerprint density at radius 2 is 1.68 bits per heavy atom. The van der Waals surface area contributed by atoms with Gasteiger partial charge in [-0.3, -0.25) is 0 Å². The summed E-state index contributed by atoms with van der Waals surface area (Å²) in [5.74, 6) is 0.466. The second-order valence-corrected chi connectivity index (χ2v) is 4.04. The molecule has 3 aromatic rings. The standard InChI is InChI=1S/C14H11N3O2/c18-12-9-5-4-8-11(12)13-15-16-14(19)17(13)10-6-2-1-3-7-10/h1-9,18H,(H,16,19). The molecule has 0 spiro atoms. The van der Waals surface area contributed by atoms with E-state index in [4.69, 9.17) is 0 Å². The summed E-state index contributed by atoms with van der Waals surface area (Å²) < 4.78 is 1.43. The number of hydrogen-bond donors (Lipinski definition) is 2. The summed E-state index contributed by atoms with van der Waals surface area (Å²) in [6.07, 6.45) is 0. The second-order valence-electron chi connectivity index (χ2n) is 4.04. The van der Waals surface area contributed by atoms with Crippen molar-refractivity contribution in [3.05, 3.63) is 65.1 Å². The van der Waals surface area contributed by atoms with Crippen LogP contribution in [-0.4, -0.2) is 19.9 Å². The first kappa shape index (κ1) is 11.3. The predicted molar refractivity (Wildman–Crippen MR) is 71.3 cm³/mol. The third kappa shape index (κ3) is 1.91. The molecule has 2 N–H and O–H groups in total. The minimum atomic E-state index is -0.343. The molecular weight excluding hydrogens is 242 g/mol. The molecule has 0 aliphatic rings. The number of rotatable bonds is 2. The Kier molecular flexibility index (Phi) is 2.64. The van der Waals surface area contributed by atoms with Gasteiger partial charge in [-0.15, -0.1) is 0 Å². The monoisotopic (exact) mass is 253 g/mol. The van der Waals surface area contributed by atoms with E-state index in [9.17, 15) is 9.90 Å². The van der Waals surface area contributed by atoms with Gasteiger partial charge in [0.05, 0.1) is 11.3 Å². The van der Waals surface area contributed by atoms with E-state index in [1.54, 1.807) is 36.4 Å². The van der Waals surface area contributed by atoms with E-state index in [-0.39, 0.29) is 11.4 Å². The Morgan fingerprint density at radius 3 is 2.42 bits per heavy atom. The maximum absolute atomic E-state index is 11.9. The maximum atomic E-state index is 11.9. The van der Waals surface area contributed by atoms with Crippen molar-refractivity contribution in [3.63, 3.8) is 0 Å². The molecule has 0 saturated heterocycles. The number of phenolic OH excluding ortho intramolecular Hbond substituents is 1. The number of nitrogens with one attached hydrogen (secondary N) is 1. The Hall–Kier alpha value is -2.82. The molecule has 2 aromatic carbocycles. The highest BCUT2D eigenvalue weighted by atomic mass is 16.3. The Bertz CT molecular complexity index is 760. The minimum Gasteiger partial charge on any atom is -0.507 e. The number of aromatic nitrogens is 3. The van der Waals surface area contributed by atoms with Crippen molar-refractivity contribution < 1.29 is 5.11 Å². The van der Waals surface area contributed by atoms with Crippen molar-refractivity contribution in [2.24, 2.45) is 0 Å². The summed E-state index contributed by atoms with van der Waals surface area (Å²) in [4.78, 5) is 11.9. The molecule has 19 heavy (non-hydrogen) atoms. The summed E-state index contributed by atoms with van der Waals surface area (Å²) in [5.41, 5.74) is 0.855. The first-order valence-electron chi connectivity index (χ1n) is 5.78. The fourth-order valence-corrected chi connectivity index (χ4v) is 1.96. The fourth-order valence-electron chi connectivity index (χ4n) is 1.96. The first-order valence-corrected chi connectivity index (χ1v) is 5.78. The smallest absolute Gasteiger partial charge is 0.348 e. The maximum Gasteiger partial charge on any atom is 0.348 e. The number of H-pyrrole nitrogens is 1. The van der Waals surface area contributed by atoms with Crippen LogP contribution in [0.2, 0.25) is 0 Å². The Labute approximate surface area is 108 Å². The molecule has 5 nitrogen and oxygen atoms in total. The second kappa shape index (κ2) is 4.45. The largest absolute Gasteiger partial charge is 0.507 e. The van der Waals surface area contributed by atoms with Crippen LogP contribution in [-0.2, 0) is 0 Å². The number of aromatic amines is 1. The molecule has 94 valence electrons. The van der Waals surface area contributed by atoms with Crippen LogP contribution in [0, 0.1) is 0 Å². The van der Waals surface area contributed by atoms with Gasteiger partial charge in [0.15, 0.2) is 5.82 Å². The lowest BCUT2D eigenvalue weighted by Crippen LogP contribution is -2.15. The number of nitrogens with zero attached hydrogens (tertiary/aromatic N) is 2. The van der Waals surface area contributed by atoms with Crippen molar-refractivity contribution in [2.45, 2.75) is 0 Å². The quantitative estimate of drug-likeness (QED) is 0.733. The molecule has 0 bridgehead atoms. The molecule has 1 heterocycles. The third-order valence-corrected chi connectivity index (χ3v) is 2.83. The lowest BCUT2D eigenvalue weighted by atomic mass is 10.2. The number of hydrogen-bond acceptors (Lipinski definition) is 3. The topological polar surface area (TPSA) is 70.9 Å². The van der Waals surface area contributed by atoms with Gasteiger partial charge in [0.1, 0.15) is 5.75 Å². The van der Waals surface area contributed by atoms with Gasteiger partial charge in [0, 0.05) is 0 Å². The minimum absolute atomic E-state index is 0.0821. The summed E-state index contributed by atoms with van der Waals surface area (Å²) in [6.45, 7) is 0. The zero-order valence-corrected chi connectivity index (χ0v) is 9.95. The van der Waals surface area contributed by atoms with E-state index >= 15 is 0 Å². The van der Waals surface area contributed by atoms with Gasteiger partial charge >= 0.3 is 5.69 Å². The van der Waals surface area contributed by atoms with Crippen LogP contribution in [0.1, 0.15) is 0 Å². The van der Waals surface area contributed by atoms with Gasteiger partial charge in [-0.1, -0.05) is 30.3 Å². The van der Waals surface area contributed by atoms with Crippen LogP contribution >= 0.6 is 0 Å². The molecule has 0 saturated carbocycles. The summed E-state index contributed by atoms with van der Waals surface area (Å²) in [6, 6.07) is 15.9. The van der Waals surface area contributed by atoms with Crippen LogP contribution < -0.4 is 5.69 Å². The fraction of sp³-hybridized carbons (Fsp3) is 0. The van der Waals surface area contributed by atoms with E-state index in [0.29, 0.717) is 17.1 Å². The molecule has 1 aromatic heterocycles. The van der Waals surface area contributed by atoms with Crippen LogP contribution in [0.4, 0.5) is 0 Å². The third-order valence-electron chi connectivity index (χ3n) is 2.83. The van der Waals surface area contributed by atoms with Crippen LogP contribution in [0.3, 0.4) is 0 Å². The van der Waals surface area contributed by atoms with E-state index in [1.807, 2.05) is 18.2 Å². The van der Waals surface area contributed by atoms with Crippen molar-refractivity contribution in [2.75, 3.05) is 0 Å². The number of benzene rings is 2. The number of para-hydroxylation sites is 2. The van der Waals surface area contributed by atoms with E-state index in [0.717, 1.165) is 0 Å². The van der Waals surface area contributed by atoms with Gasteiger partial charge in [0.25, 0.3) is 0 Å². The highest BCUT2D eigenvalue weighted by Crippen LogP contribution is 2.27. The zero-order chi connectivity index (χ0) is 13.2. The zero-order valence-electron chi connectivity index (χ0n) is 9.95. The predicted octanol–water partition coefficient (Wildman–Crippen LogP) is 1.93. The molecule has 0 atom stereocenters. The highest BCUT2D eigenvalue weighted by molar-refractivity contribution is 5.65. The van der Waals surface area contributed by atoms with Gasteiger partial charge in [0.2, 0.25) is 0 Å². The average Bonchev–Trinajstić information content (AvgIpc) is 2.82. The van der Waals surface area contributed by atoms with Crippen molar-refractivity contribution in [1.82, 2.24) is 14.8 Å². The van der Waals surface area contributed by atoms with Crippen molar-refractivity contribution >= 4 is 0 Å². The number of phenols is 1. The lowest BCUT2D eigenvalue weighted by Gasteiger charge is -2.06. The van der Waals surface area contributed by atoms with Gasteiger partial charge < -0.3 is 5.11 Å². The molecular formula is C14H11N3O2. The first-order chi connectivity index (χ1) is 9.27. The van der Waals surface area contributed by atoms with E-state index < -0.39 is 0 Å². The molecule has 0 fully saturated rings. The van der Waals surface area contributed by atoms with Crippen LogP contribution in [0.5, 0.6) is 5.75 Å². The summed E-state index contributed by atoms with van der Waals surface area (Å²) in [7, 11) is 0. The highest BCUT2D eigenvalue weighted by Gasteiger charge is 2.14. The average molecular weight is 253 g/mol. The van der Waals surface area contributed by atoms with Crippen LogP contribution in [0.25, 0.3) is 17.1 Å². The molecule has 0 aliphatic carbocycles. The SMILES string of the molecule is O=c1[nH]nc(-c2ccccc2O)n1-c1ccccc1. The van der Waals surface area contributed by atoms with E-state index in [2.05, 4.69) is 10.2 Å². The van der Waals surface area contributed by atoms with Crippen molar-refractivity contribution in [3.8, 4) is 22.8 Å². The molecule has 0 amide bonds. The number of aromatic hydroxyl groups is 1. The summed E-state index contributed by atoms with van der Waals surface area (Å²) >= 11 is 0. The van der Waals surface area contributed by atoms with Gasteiger partial charge in [-0.25, -0.2) is 14.5 Å². The molecule has 0 radical (unpaired) electrons. The normalized spacial score (nSPS) is 10.5. The molecule has 5 heteroatoms. The van der Waals surface area contributed by atoms with Crippen LogP contribution in [0.15, 0.2) is 59.4 Å². The summed E-state index contributed by atoms with van der Waals surface area (Å²) in [5, 5.41) is 16.3. The van der Waals surface area contributed by atoms with Crippen molar-refractivity contribution in [1.29, 1.82) is 0 Å². The Balaban J connectivity index is 2.26. The van der Waals surface area contributed by atoms with E-state index in [1.165, 1.54) is 4.57 Å². The molecule has 0 unspecified atom stereocenters. The molecule has 0 aliphatic heterocycles. The van der Waals surface area contributed by atoms with Gasteiger partial charge in [-0.2, -0.15) is 5.10 Å². The molecule has 3 rings (SSSR count). The lowest BCUT2D eigenvalue weighted by molar-refractivity contribution is 0.476. The Morgan fingerprint density at radius 1 is 1.00 bits per heavy atom. The van der Waals surface area contributed by atoms with Gasteiger partial charge in [-0.05, 0) is 24.3 Å².